The third kappa shape index (κ3) is 1.48. The Hall–Kier alpha value is -1.09. The highest BCUT2D eigenvalue weighted by Gasteiger charge is 2.29. The molecule has 14 heavy (non-hydrogen) atoms. The van der Waals surface area contributed by atoms with Crippen LogP contribution in [0.4, 0.5) is 0 Å². The van der Waals surface area contributed by atoms with E-state index in [0.717, 1.165) is 11.7 Å². The van der Waals surface area contributed by atoms with E-state index >= 15 is 0 Å². The van der Waals surface area contributed by atoms with Crippen LogP contribution in [-0.4, -0.2) is 35.6 Å². The molecule has 2 rings (SSSR count). The molecule has 2 nitrogen and oxygen atoms in total. The van der Waals surface area contributed by atoms with Gasteiger partial charge in [0, 0.05) is 20.6 Å². The maximum absolute atomic E-state index is 5.29. The lowest BCUT2D eigenvalue weighted by atomic mass is 10.1. The molecule has 1 aromatic rings. The summed E-state index contributed by atoms with van der Waals surface area (Å²) in [5.41, 5.74) is 1.33. The predicted molar refractivity (Wildman–Crippen MR) is 62.2 cm³/mol. The van der Waals surface area contributed by atoms with Gasteiger partial charge in [0.25, 0.3) is 0 Å². The SMILES string of the molecule is CN1CC(c2ccccc2)N(C)C1=S. The maximum Gasteiger partial charge on any atom is 0.171 e. The number of thiocarbonyl (C=S) groups is 1. The van der Waals surface area contributed by atoms with Crippen LogP contribution in [0.15, 0.2) is 30.3 Å². The van der Waals surface area contributed by atoms with E-state index in [2.05, 4.69) is 41.1 Å². The van der Waals surface area contributed by atoms with Gasteiger partial charge in [0.05, 0.1) is 6.04 Å². The van der Waals surface area contributed by atoms with Gasteiger partial charge < -0.3 is 9.80 Å². The predicted octanol–water partition coefficient (Wildman–Crippen LogP) is 1.89. The van der Waals surface area contributed by atoms with Gasteiger partial charge in [-0.15, -0.1) is 0 Å². The van der Waals surface area contributed by atoms with Crippen LogP contribution in [0, 0.1) is 0 Å². The monoisotopic (exact) mass is 206 g/mol. The van der Waals surface area contributed by atoms with Crippen LogP contribution in [-0.2, 0) is 0 Å². The Morgan fingerprint density at radius 3 is 2.36 bits per heavy atom. The highest BCUT2D eigenvalue weighted by Crippen LogP contribution is 2.26. The first-order valence-electron chi connectivity index (χ1n) is 4.73. The lowest BCUT2D eigenvalue weighted by Crippen LogP contribution is -2.26. The molecule has 3 heteroatoms. The fraction of sp³-hybridized carbons (Fsp3) is 0.364. The molecule has 1 fully saturated rings. The van der Waals surface area contributed by atoms with Gasteiger partial charge in [0.15, 0.2) is 5.11 Å². The van der Waals surface area contributed by atoms with Crippen LogP contribution in [0.3, 0.4) is 0 Å². The van der Waals surface area contributed by atoms with Crippen molar-refractivity contribution in [2.24, 2.45) is 0 Å². The van der Waals surface area contributed by atoms with Crippen molar-refractivity contribution in [3.05, 3.63) is 35.9 Å². The van der Waals surface area contributed by atoms with Crippen molar-refractivity contribution in [2.45, 2.75) is 6.04 Å². The van der Waals surface area contributed by atoms with Crippen molar-refractivity contribution in [3.63, 3.8) is 0 Å². The number of hydrogen-bond donors (Lipinski definition) is 0. The van der Waals surface area contributed by atoms with E-state index < -0.39 is 0 Å². The molecule has 0 amide bonds. The lowest BCUT2D eigenvalue weighted by Gasteiger charge is -2.19. The van der Waals surface area contributed by atoms with Crippen molar-refractivity contribution in [1.82, 2.24) is 9.80 Å². The standard InChI is InChI=1S/C11H14N2S/c1-12-8-10(13(2)11(12)14)9-6-4-3-5-7-9/h3-7,10H,8H2,1-2H3. The van der Waals surface area contributed by atoms with Crippen molar-refractivity contribution >= 4 is 17.3 Å². The third-order valence-electron chi connectivity index (χ3n) is 2.73. The summed E-state index contributed by atoms with van der Waals surface area (Å²) in [5, 5.41) is 0.929. The molecule has 1 unspecified atom stereocenters. The summed E-state index contributed by atoms with van der Waals surface area (Å²) < 4.78 is 0. The summed E-state index contributed by atoms with van der Waals surface area (Å²) in [7, 11) is 4.10. The smallest absolute Gasteiger partial charge is 0.171 e. The van der Waals surface area contributed by atoms with Gasteiger partial charge in [0.1, 0.15) is 0 Å². The first-order chi connectivity index (χ1) is 6.70. The van der Waals surface area contributed by atoms with Gasteiger partial charge in [0.2, 0.25) is 0 Å². The Bertz CT molecular complexity index is 336. The van der Waals surface area contributed by atoms with Crippen LogP contribution in [0.5, 0.6) is 0 Å². The van der Waals surface area contributed by atoms with E-state index in [0.29, 0.717) is 6.04 Å². The van der Waals surface area contributed by atoms with Crippen LogP contribution < -0.4 is 0 Å². The second kappa shape index (κ2) is 3.58. The number of nitrogens with zero attached hydrogens (tertiary/aromatic N) is 2. The van der Waals surface area contributed by atoms with Crippen LogP contribution in [0.1, 0.15) is 11.6 Å². The van der Waals surface area contributed by atoms with E-state index in [1.165, 1.54) is 5.56 Å². The summed E-state index contributed by atoms with van der Waals surface area (Å²) >= 11 is 5.29. The molecule has 0 bridgehead atoms. The van der Waals surface area contributed by atoms with E-state index in [9.17, 15) is 0 Å². The second-order valence-corrected chi connectivity index (χ2v) is 4.07. The summed E-state index contributed by atoms with van der Waals surface area (Å²) in [6, 6.07) is 10.9. The molecule has 1 saturated heterocycles. The fourth-order valence-corrected chi connectivity index (χ4v) is 2.07. The molecule has 1 aliphatic rings. The summed E-state index contributed by atoms with van der Waals surface area (Å²) in [4.78, 5) is 4.28. The number of rotatable bonds is 1. The average Bonchev–Trinajstić information content (AvgIpc) is 2.47. The first-order valence-corrected chi connectivity index (χ1v) is 5.14. The van der Waals surface area contributed by atoms with Gasteiger partial charge in [-0.3, -0.25) is 0 Å². The molecular formula is C11H14N2S. The minimum Gasteiger partial charge on any atom is -0.350 e. The largest absolute Gasteiger partial charge is 0.350 e. The zero-order valence-corrected chi connectivity index (χ0v) is 9.29. The molecule has 0 N–H and O–H groups in total. The minimum absolute atomic E-state index is 0.411. The van der Waals surface area contributed by atoms with Crippen LogP contribution in [0.25, 0.3) is 0 Å². The molecule has 1 aromatic carbocycles. The van der Waals surface area contributed by atoms with Gasteiger partial charge in [-0.05, 0) is 17.8 Å². The molecule has 1 atom stereocenters. The Balaban J connectivity index is 2.26. The molecule has 0 spiro atoms. The topological polar surface area (TPSA) is 6.48 Å². The third-order valence-corrected chi connectivity index (χ3v) is 3.33. The zero-order valence-electron chi connectivity index (χ0n) is 8.47. The average molecular weight is 206 g/mol. The number of benzene rings is 1. The fourth-order valence-electron chi connectivity index (χ4n) is 1.87. The lowest BCUT2D eigenvalue weighted by molar-refractivity contribution is 0.414. The minimum atomic E-state index is 0.411. The summed E-state index contributed by atoms with van der Waals surface area (Å²) in [5.74, 6) is 0. The van der Waals surface area contributed by atoms with Crippen LogP contribution in [0.2, 0.25) is 0 Å². The van der Waals surface area contributed by atoms with E-state index in [1.807, 2.05) is 13.1 Å². The van der Waals surface area contributed by atoms with Gasteiger partial charge >= 0.3 is 0 Å². The normalized spacial score (nSPS) is 21.9. The van der Waals surface area contributed by atoms with E-state index in [-0.39, 0.29) is 0 Å². The number of likely N-dealkylation sites (N-methyl/N-ethyl adjacent to an activating group) is 2. The maximum atomic E-state index is 5.29. The molecule has 1 aliphatic heterocycles. The Kier molecular flexibility index (Phi) is 2.42. The quantitative estimate of drug-likeness (QED) is 0.648. The Labute approximate surface area is 90.1 Å². The van der Waals surface area contributed by atoms with Crippen molar-refractivity contribution in [2.75, 3.05) is 20.6 Å². The van der Waals surface area contributed by atoms with Crippen molar-refractivity contribution in [1.29, 1.82) is 0 Å². The summed E-state index contributed by atoms with van der Waals surface area (Å²) in [6.45, 7) is 0.985. The highest BCUT2D eigenvalue weighted by molar-refractivity contribution is 7.80. The molecular weight excluding hydrogens is 192 g/mol. The molecule has 0 aliphatic carbocycles. The highest BCUT2D eigenvalue weighted by atomic mass is 32.1. The number of hydrogen-bond acceptors (Lipinski definition) is 1. The van der Waals surface area contributed by atoms with Crippen molar-refractivity contribution in [3.8, 4) is 0 Å². The molecule has 74 valence electrons. The first kappa shape index (κ1) is 9.46. The molecule has 1 heterocycles. The van der Waals surface area contributed by atoms with E-state index in [1.54, 1.807) is 0 Å². The van der Waals surface area contributed by atoms with E-state index in [4.69, 9.17) is 12.2 Å². The molecule has 0 saturated carbocycles. The zero-order chi connectivity index (χ0) is 10.1. The Morgan fingerprint density at radius 1 is 1.21 bits per heavy atom. The van der Waals surface area contributed by atoms with Gasteiger partial charge in [-0.1, -0.05) is 30.3 Å². The molecule has 0 aromatic heterocycles. The van der Waals surface area contributed by atoms with Gasteiger partial charge in [-0.2, -0.15) is 0 Å². The second-order valence-electron chi connectivity index (χ2n) is 3.70. The van der Waals surface area contributed by atoms with Crippen molar-refractivity contribution < 1.29 is 0 Å². The Morgan fingerprint density at radius 2 is 1.86 bits per heavy atom. The van der Waals surface area contributed by atoms with Gasteiger partial charge in [-0.25, -0.2) is 0 Å². The summed E-state index contributed by atoms with van der Waals surface area (Å²) in [6.07, 6.45) is 0. The molecule has 0 radical (unpaired) electrons. The van der Waals surface area contributed by atoms with Crippen LogP contribution >= 0.6 is 12.2 Å².